The Hall–Kier alpha value is -2.78. The lowest BCUT2D eigenvalue weighted by Gasteiger charge is -2.12. The zero-order chi connectivity index (χ0) is 19.8. The van der Waals surface area contributed by atoms with E-state index in [0.29, 0.717) is 18.1 Å². The van der Waals surface area contributed by atoms with Crippen LogP contribution >= 0.6 is 11.8 Å². The van der Waals surface area contributed by atoms with Crippen molar-refractivity contribution in [1.29, 1.82) is 5.26 Å². The summed E-state index contributed by atoms with van der Waals surface area (Å²) in [5.74, 6) is 3.05. The molecule has 0 aliphatic carbocycles. The Morgan fingerprint density at radius 1 is 1.07 bits per heavy atom. The fourth-order valence-corrected chi connectivity index (χ4v) is 3.57. The minimum atomic E-state index is 0.395. The summed E-state index contributed by atoms with van der Waals surface area (Å²) in [5.41, 5.74) is 1.83. The first-order valence-electron chi connectivity index (χ1n) is 9.37. The first-order valence-corrected chi connectivity index (χ1v) is 10.4. The van der Waals surface area contributed by atoms with Gasteiger partial charge in [-0.1, -0.05) is 55.9 Å². The standard InChI is InChI=1S/C22H24N4OS/c1-17(2)12-13-26-21(15-27-20-6-4-3-5-7-20)24-25-22(26)28-16-19-10-8-18(14-23)9-11-19/h3-11,17H,12-13,15-16H2,1-2H3. The number of thioether (sulfide) groups is 1. The fraction of sp³-hybridized carbons (Fsp3) is 0.318. The molecule has 0 saturated heterocycles. The van der Waals surface area contributed by atoms with Crippen LogP contribution in [0.4, 0.5) is 0 Å². The number of nitriles is 1. The van der Waals surface area contributed by atoms with E-state index in [0.717, 1.165) is 41.0 Å². The molecule has 0 atom stereocenters. The summed E-state index contributed by atoms with van der Waals surface area (Å²) < 4.78 is 8.04. The van der Waals surface area contributed by atoms with Crippen LogP contribution in [0.25, 0.3) is 0 Å². The van der Waals surface area contributed by atoms with Crippen LogP contribution in [-0.4, -0.2) is 14.8 Å². The molecular weight excluding hydrogens is 368 g/mol. The summed E-state index contributed by atoms with van der Waals surface area (Å²) in [6.07, 6.45) is 1.06. The van der Waals surface area contributed by atoms with Crippen LogP contribution in [0.2, 0.25) is 0 Å². The van der Waals surface area contributed by atoms with Gasteiger partial charge in [0, 0.05) is 12.3 Å². The molecule has 0 unspecified atom stereocenters. The number of aromatic nitrogens is 3. The second kappa shape index (κ2) is 9.95. The van der Waals surface area contributed by atoms with Gasteiger partial charge in [0.2, 0.25) is 0 Å². The Morgan fingerprint density at radius 2 is 1.82 bits per heavy atom. The number of ether oxygens (including phenoxy) is 1. The molecule has 28 heavy (non-hydrogen) atoms. The minimum Gasteiger partial charge on any atom is -0.486 e. The van der Waals surface area contributed by atoms with E-state index in [1.54, 1.807) is 11.8 Å². The number of benzene rings is 2. The molecule has 6 heteroatoms. The van der Waals surface area contributed by atoms with Crippen LogP contribution in [0.15, 0.2) is 59.8 Å². The SMILES string of the molecule is CC(C)CCn1c(COc2ccccc2)nnc1SCc1ccc(C#N)cc1. The predicted octanol–water partition coefficient (Wildman–Crippen LogP) is 5.07. The van der Waals surface area contributed by atoms with Crippen LogP contribution in [-0.2, 0) is 18.9 Å². The summed E-state index contributed by atoms with van der Waals surface area (Å²) in [6.45, 7) is 5.70. The number of hydrogen-bond acceptors (Lipinski definition) is 5. The van der Waals surface area contributed by atoms with Gasteiger partial charge in [0.15, 0.2) is 11.0 Å². The third-order valence-corrected chi connectivity index (χ3v) is 5.32. The Balaban J connectivity index is 1.69. The molecule has 0 spiro atoms. The topological polar surface area (TPSA) is 63.7 Å². The van der Waals surface area contributed by atoms with Crippen molar-refractivity contribution in [2.45, 2.75) is 44.3 Å². The molecule has 0 aliphatic rings. The first-order chi connectivity index (χ1) is 13.7. The molecule has 0 radical (unpaired) electrons. The minimum absolute atomic E-state index is 0.395. The van der Waals surface area contributed by atoms with Crippen molar-refractivity contribution in [3.8, 4) is 11.8 Å². The second-order valence-corrected chi connectivity index (χ2v) is 7.87. The molecular formula is C22H24N4OS. The van der Waals surface area contributed by atoms with Crippen LogP contribution in [0, 0.1) is 17.2 Å². The zero-order valence-corrected chi connectivity index (χ0v) is 17.0. The molecule has 144 valence electrons. The van der Waals surface area contributed by atoms with Crippen molar-refractivity contribution in [1.82, 2.24) is 14.8 Å². The van der Waals surface area contributed by atoms with Gasteiger partial charge in [0.1, 0.15) is 12.4 Å². The molecule has 1 aromatic heterocycles. The highest BCUT2D eigenvalue weighted by Crippen LogP contribution is 2.24. The highest BCUT2D eigenvalue weighted by Gasteiger charge is 2.14. The van der Waals surface area contributed by atoms with Crippen molar-refractivity contribution in [2.75, 3.05) is 0 Å². The highest BCUT2D eigenvalue weighted by atomic mass is 32.2. The third-order valence-electron chi connectivity index (χ3n) is 4.29. The van der Waals surface area contributed by atoms with Gasteiger partial charge in [-0.05, 0) is 42.2 Å². The maximum atomic E-state index is 8.92. The summed E-state index contributed by atoms with van der Waals surface area (Å²) in [7, 11) is 0. The molecule has 0 amide bonds. The maximum absolute atomic E-state index is 8.92. The van der Waals surface area contributed by atoms with Crippen molar-refractivity contribution in [3.63, 3.8) is 0 Å². The van der Waals surface area contributed by atoms with Crippen molar-refractivity contribution in [2.24, 2.45) is 5.92 Å². The van der Waals surface area contributed by atoms with Crippen LogP contribution in [0.5, 0.6) is 5.75 Å². The van der Waals surface area contributed by atoms with E-state index in [9.17, 15) is 0 Å². The summed E-state index contributed by atoms with van der Waals surface area (Å²) in [4.78, 5) is 0. The Morgan fingerprint density at radius 3 is 2.50 bits per heavy atom. The van der Waals surface area contributed by atoms with Gasteiger partial charge in [0.05, 0.1) is 11.6 Å². The summed E-state index contributed by atoms with van der Waals surface area (Å²) in [6, 6.07) is 19.6. The normalized spacial score (nSPS) is 10.8. The van der Waals surface area contributed by atoms with Gasteiger partial charge in [0.25, 0.3) is 0 Å². The van der Waals surface area contributed by atoms with Crippen molar-refractivity contribution < 1.29 is 4.74 Å². The number of nitrogens with zero attached hydrogens (tertiary/aromatic N) is 4. The molecule has 2 aromatic carbocycles. The maximum Gasteiger partial charge on any atom is 0.191 e. The summed E-state index contributed by atoms with van der Waals surface area (Å²) >= 11 is 1.66. The highest BCUT2D eigenvalue weighted by molar-refractivity contribution is 7.98. The van der Waals surface area contributed by atoms with Gasteiger partial charge >= 0.3 is 0 Å². The van der Waals surface area contributed by atoms with E-state index in [-0.39, 0.29) is 0 Å². The number of para-hydroxylation sites is 1. The van der Waals surface area contributed by atoms with Crippen molar-refractivity contribution in [3.05, 3.63) is 71.5 Å². The molecule has 1 heterocycles. The Labute approximate surface area is 170 Å². The Kier molecular flexibility index (Phi) is 7.10. The van der Waals surface area contributed by atoms with E-state index in [2.05, 4.69) is 34.7 Å². The predicted molar refractivity (Wildman–Crippen MR) is 111 cm³/mol. The average Bonchev–Trinajstić information content (AvgIpc) is 3.12. The van der Waals surface area contributed by atoms with Crippen LogP contribution in [0.3, 0.4) is 0 Å². The second-order valence-electron chi connectivity index (χ2n) is 6.93. The molecule has 0 saturated carbocycles. The zero-order valence-electron chi connectivity index (χ0n) is 16.2. The van der Waals surface area contributed by atoms with Gasteiger partial charge in [-0.2, -0.15) is 5.26 Å². The largest absolute Gasteiger partial charge is 0.486 e. The lowest BCUT2D eigenvalue weighted by Crippen LogP contribution is -2.10. The number of rotatable bonds is 9. The molecule has 0 N–H and O–H groups in total. The van der Waals surface area contributed by atoms with E-state index in [1.807, 2.05) is 54.6 Å². The van der Waals surface area contributed by atoms with E-state index in [1.165, 1.54) is 0 Å². The molecule has 5 nitrogen and oxygen atoms in total. The quantitative estimate of drug-likeness (QED) is 0.476. The lowest BCUT2D eigenvalue weighted by atomic mass is 10.1. The lowest BCUT2D eigenvalue weighted by molar-refractivity contribution is 0.285. The van der Waals surface area contributed by atoms with Crippen molar-refractivity contribution >= 4 is 11.8 Å². The Bertz CT molecular complexity index is 914. The van der Waals surface area contributed by atoms with E-state index >= 15 is 0 Å². The number of hydrogen-bond donors (Lipinski definition) is 0. The molecule has 3 rings (SSSR count). The monoisotopic (exact) mass is 392 g/mol. The van der Waals surface area contributed by atoms with Gasteiger partial charge in [-0.15, -0.1) is 10.2 Å². The molecule has 0 fully saturated rings. The fourth-order valence-electron chi connectivity index (χ4n) is 2.63. The third kappa shape index (κ3) is 5.61. The van der Waals surface area contributed by atoms with Gasteiger partial charge in [-0.3, -0.25) is 0 Å². The van der Waals surface area contributed by atoms with E-state index in [4.69, 9.17) is 10.00 Å². The smallest absolute Gasteiger partial charge is 0.191 e. The van der Waals surface area contributed by atoms with Gasteiger partial charge in [-0.25, -0.2) is 0 Å². The molecule has 0 aliphatic heterocycles. The van der Waals surface area contributed by atoms with E-state index < -0.39 is 0 Å². The summed E-state index contributed by atoms with van der Waals surface area (Å²) in [5, 5.41) is 18.6. The molecule has 3 aromatic rings. The van der Waals surface area contributed by atoms with Crippen LogP contribution in [0.1, 0.15) is 37.2 Å². The van der Waals surface area contributed by atoms with Crippen LogP contribution < -0.4 is 4.74 Å². The van der Waals surface area contributed by atoms with Gasteiger partial charge < -0.3 is 9.30 Å². The molecule has 0 bridgehead atoms. The first kappa shape index (κ1) is 20.0. The average molecular weight is 393 g/mol.